The third-order valence-electron chi connectivity index (χ3n) is 4.14. The molecule has 4 rings (SSSR count). The van der Waals surface area contributed by atoms with Crippen LogP contribution < -0.4 is 5.32 Å². The summed E-state index contributed by atoms with van der Waals surface area (Å²) in [7, 11) is 1.81. The van der Waals surface area contributed by atoms with Gasteiger partial charge >= 0.3 is 0 Å². The van der Waals surface area contributed by atoms with Crippen LogP contribution in [0.1, 0.15) is 16.4 Å². The molecule has 1 amide bonds. The highest BCUT2D eigenvalue weighted by Crippen LogP contribution is 2.47. The van der Waals surface area contributed by atoms with Crippen molar-refractivity contribution >= 4 is 46.7 Å². The van der Waals surface area contributed by atoms with Crippen LogP contribution in [0.25, 0.3) is 11.4 Å². The largest absolute Gasteiger partial charge is 0.310 e. The molecule has 0 aliphatic carbocycles. The van der Waals surface area contributed by atoms with E-state index in [9.17, 15) is 4.79 Å². The molecule has 0 spiro atoms. The van der Waals surface area contributed by atoms with Crippen molar-refractivity contribution in [1.29, 1.82) is 0 Å². The van der Waals surface area contributed by atoms with E-state index in [0.717, 1.165) is 22.5 Å². The molecule has 26 heavy (non-hydrogen) atoms. The first-order valence-electron chi connectivity index (χ1n) is 7.89. The topological polar surface area (TPSA) is 59.8 Å². The monoisotopic (exact) mass is 404 g/mol. The second kappa shape index (κ2) is 6.95. The minimum Gasteiger partial charge on any atom is -0.310 e. The Bertz CT molecular complexity index is 990. The number of nitrogens with zero attached hydrogens (tertiary/aromatic N) is 3. The van der Waals surface area contributed by atoms with Crippen molar-refractivity contribution in [3.63, 3.8) is 0 Å². The number of pyridine rings is 1. The summed E-state index contributed by atoms with van der Waals surface area (Å²) < 4.78 is 1.68. The van der Waals surface area contributed by atoms with Crippen LogP contribution in [-0.4, -0.2) is 26.4 Å². The third-order valence-corrected chi connectivity index (χ3v) is 5.95. The average Bonchev–Trinajstić information content (AvgIpc) is 2.83. The van der Waals surface area contributed by atoms with E-state index < -0.39 is 0 Å². The fraction of sp³-hybridized carbons (Fsp3) is 0.167. The Balaban J connectivity index is 1.95. The number of anilines is 1. The summed E-state index contributed by atoms with van der Waals surface area (Å²) in [5.74, 6) is 0.913. The molecule has 1 aromatic carbocycles. The van der Waals surface area contributed by atoms with Crippen LogP contribution in [0.4, 0.5) is 5.82 Å². The van der Waals surface area contributed by atoms with Gasteiger partial charge < -0.3 is 5.32 Å². The summed E-state index contributed by atoms with van der Waals surface area (Å²) >= 11 is 14.0. The van der Waals surface area contributed by atoms with Crippen LogP contribution in [0.15, 0.2) is 42.6 Å². The molecule has 3 aromatic rings. The van der Waals surface area contributed by atoms with Gasteiger partial charge in [0.25, 0.3) is 0 Å². The molecule has 0 bridgehead atoms. The lowest BCUT2D eigenvalue weighted by Gasteiger charge is -2.17. The number of fused-ring (bicyclic) bond motifs is 1. The Morgan fingerprint density at radius 2 is 2.12 bits per heavy atom. The van der Waals surface area contributed by atoms with Crippen molar-refractivity contribution in [2.24, 2.45) is 7.05 Å². The van der Waals surface area contributed by atoms with Gasteiger partial charge in [-0.1, -0.05) is 35.3 Å². The highest BCUT2D eigenvalue weighted by Gasteiger charge is 2.32. The summed E-state index contributed by atoms with van der Waals surface area (Å²) in [4.78, 5) is 16.6. The van der Waals surface area contributed by atoms with Gasteiger partial charge in [0, 0.05) is 28.9 Å². The minimum atomic E-state index is -0.167. The van der Waals surface area contributed by atoms with Gasteiger partial charge in [0.15, 0.2) is 0 Å². The van der Waals surface area contributed by atoms with Crippen molar-refractivity contribution in [3.8, 4) is 11.4 Å². The summed E-state index contributed by atoms with van der Waals surface area (Å²) in [6, 6.07) is 11.1. The summed E-state index contributed by atoms with van der Waals surface area (Å²) in [6.45, 7) is 0. The molecule has 0 saturated heterocycles. The van der Waals surface area contributed by atoms with E-state index in [1.807, 2.05) is 31.3 Å². The molecule has 1 aliphatic heterocycles. The lowest BCUT2D eigenvalue weighted by molar-refractivity contribution is -0.113. The molecule has 2 aromatic heterocycles. The number of thioether (sulfide) groups is 1. The number of aryl methyl sites for hydroxylation is 1. The van der Waals surface area contributed by atoms with Gasteiger partial charge in [-0.15, -0.1) is 11.8 Å². The fourth-order valence-corrected chi connectivity index (χ4v) is 4.75. The molecule has 0 fully saturated rings. The number of hydrogen-bond donors (Lipinski definition) is 1. The number of carbonyl (C=O) groups excluding carboxylic acids is 1. The normalized spacial score (nSPS) is 16.7. The van der Waals surface area contributed by atoms with Gasteiger partial charge in [-0.2, -0.15) is 5.10 Å². The van der Waals surface area contributed by atoms with Crippen LogP contribution in [0.5, 0.6) is 0 Å². The van der Waals surface area contributed by atoms with E-state index in [1.165, 1.54) is 11.8 Å². The molecule has 1 N–H and O–H groups in total. The Labute approximate surface area is 164 Å². The van der Waals surface area contributed by atoms with E-state index in [-0.39, 0.29) is 11.2 Å². The van der Waals surface area contributed by atoms with E-state index in [4.69, 9.17) is 23.2 Å². The quantitative estimate of drug-likeness (QED) is 0.679. The summed E-state index contributed by atoms with van der Waals surface area (Å²) in [5.41, 5.74) is 3.26. The molecule has 5 nitrogen and oxygen atoms in total. The van der Waals surface area contributed by atoms with Crippen LogP contribution in [0.2, 0.25) is 10.0 Å². The SMILES string of the molecule is Cn1nc(-c2ccccn2)c2c1NC(=O)CSC2c1ccc(Cl)cc1Cl. The maximum atomic E-state index is 12.2. The number of rotatable bonds is 2. The van der Waals surface area contributed by atoms with Crippen molar-refractivity contribution in [1.82, 2.24) is 14.8 Å². The zero-order chi connectivity index (χ0) is 18.3. The van der Waals surface area contributed by atoms with Crippen LogP contribution in [0.3, 0.4) is 0 Å². The second-order valence-corrected chi connectivity index (χ2v) is 7.79. The minimum absolute atomic E-state index is 0.0700. The molecule has 1 aliphatic rings. The van der Waals surface area contributed by atoms with Crippen LogP contribution in [0, 0.1) is 0 Å². The summed E-state index contributed by atoms with van der Waals surface area (Å²) in [5, 5.41) is 8.54. The molecule has 8 heteroatoms. The Morgan fingerprint density at radius 3 is 2.85 bits per heavy atom. The van der Waals surface area contributed by atoms with E-state index in [0.29, 0.717) is 21.6 Å². The predicted octanol–water partition coefficient (Wildman–Crippen LogP) is 4.56. The number of amides is 1. The van der Waals surface area contributed by atoms with Gasteiger partial charge in [-0.3, -0.25) is 14.5 Å². The molecule has 1 unspecified atom stereocenters. The Kier molecular flexibility index (Phi) is 4.65. The fourth-order valence-electron chi connectivity index (χ4n) is 3.00. The molecule has 1 atom stereocenters. The zero-order valence-electron chi connectivity index (χ0n) is 13.7. The summed E-state index contributed by atoms with van der Waals surface area (Å²) in [6.07, 6.45) is 1.73. The molecular weight excluding hydrogens is 391 g/mol. The van der Waals surface area contributed by atoms with E-state index in [2.05, 4.69) is 15.4 Å². The molecule has 132 valence electrons. The molecular formula is C18H14Cl2N4OS. The first kappa shape index (κ1) is 17.4. The molecule has 0 radical (unpaired) electrons. The number of hydrogen-bond acceptors (Lipinski definition) is 4. The van der Waals surface area contributed by atoms with Crippen molar-refractivity contribution < 1.29 is 4.79 Å². The van der Waals surface area contributed by atoms with Gasteiger partial charge in [-0.25, -0.2) is 0 Å². The van der Waals surface area contributed by atoms with Crippen molar-refractivity contribution in [2.75, 3.05) is 11.1 Å². The lowest BCUT2D eigenvalue weighted by Crippen LogP contribution is -2.15. The van der Waals surface area contributed by atoms with Crippen molar-refractivity contribution in [2.45, 2.75) is 5.25 Å². The number of nitrogens with one attached hydrogen (secondary N) is 1. The average molecular weight is 405 g/mol. The van der Waals surface area contributed by atoms with E-state index >= 15 is 0 Å². The number of halogens is 2. The van der Waals surface area contributed by atoms with E-state index in [1.54, 1.807) is 23.0 Å². The van der Waals surface area contributed by atoms with Crippen LogP contribution in [-0.2, 0) is 11.8 Å². The number of aromatic nitrogens is 3. The maximum Gasteiger partial charge on any atom is 0.235 e. The van der Waals surface area contributed by atoms with Crippen molar-refractivity contribution in [3.05, 3.63) is 63.8 Å². The number of carbonyl (C=O) groups is 1. The zero-order valence-corrected chi connectivity index (χ0v) is 16.1. The number of benzene rings is 1. The first-order chi connectivity index (χ1) is 12.5. The highest BCUT2D eigenvalue weighted by atomic mass is 35.5. The highest BCUT2D eigenvalue weighted by molar-refractivity contribution is 8.00. The third kappa shape index (κ3) is 3.09. The van der Waals surface area contributed by atoms with Gasteiger partial charge in [0.2, 0.25) is 5.91 Å². The maximum absolute atomic E-state index is 12.2. The molecule has 3 heterocycles. The second-order valence-electron chi connectivity index (χ2n) is 5.85. The first-order valence-corrected chi connectivity index (χ1v) is 9.69. The smallest absolute Gasteiger partial charge is 0.235 e. The molecule has 0 saturated carbocycles. The van der Waals surface area contributed by atoms with Crippen LogP contribution >= 0.6 is 35.0 Å². The standard InChI is InChI=1S/C18H14Cl2N4OS/c1-24-18-15(16(23-24)13-4-2-3-7-21-13)17(26-9-14(25)22-18)11-6-5-10(19)8-12(11)20/h2-8,17H,9H2,1H3,(H,22,25). The Hall–Kier alpha value is -2.02. The predicted molar refractivity (Wildman–Crippen MR) is 106 cm³/mol. The van der Waals surface area contributed by atoms with Gasteiger partial charge in [0.05, 0.1) is 16.7 Å². The van der Waals surface area contributed by atoms with Gasteiger partial charge in [0.1, 0.15) is 11.5 Å². The van der Waals surface area contributed by atoms with Gasteiger partial charge in [-0.05, 0) is 29.8 Å². The lowest BCUT2D eigenvalue weighted by atomic mass is 10.0. The Morgan fingerprint density at radius 1 is 1.27 bits per heavy atom.